The van der Waals surface area contributed by atoms with Gasteiger partial charge in [-0.25, -0.2) is 5.43 Å². The van der Waals surface area contributed by atoms with Crippen LogP contribution in [0, 0.1) is 0 Å². The molecule has 3 rings (SSSR count). The zero-order valence-electron chi connectivity index (χ0n) is 10.6. The van der Waals surface area contributed by atoms with Crippen molar-refractivity contribution in [3.8, 4) is 0 Å². The Morgan fingerprint density at radius 3 is 2.44 bits per heavy atom. The highest BCUT2D eigenvalue weighted by Gasteiger charge is 2.15. The molecule has 1 amide bonds. The molecule has 0 spiro atoms. The van der Waals surface area contributed by atoms with E-state index in [1.54, 1.807) is 0 Å². The quantitative estimate of drug-likeness (QED) is 0.817. The van der Waals surface area contributed by atoms with E-state index in [0.717, 1.165) is 11.3 Å². The lowest BCUT2D eigenvalue weighted by Crippen LogP contribution is -2.09. The van der Waals surface area contributed by atoms with Gasteiger partial charge in [0.1, 0.15) is 0 Å². The Morgan fingerprint density at radius 2 is 1.78 bits per heavy atom. The summed E-state index contributed by atoms with van der Waals surface area (Å²) in [4.78, 5) is 11.1. The lowest BCUT2D eigenvalue weighted by atomic mass is 10.0. The third kappa shape index (κ3) is 2.40. The van der Waals surface area contributed by atoms with E-state index in [9.17, 15) is 4.79 Å². The fourth-order valence-corrected chi connectivity index (χ4v) is 1.90. The van der Waals surface area contributed by atoms with Crippen molar-refractivity contribution in [1.82, 2.24) is 5.43 Å². The van der Waals surface area contributed by atoms with E-state index in [2.05, 4.69) is 34.8 Å². The summed E-state index contributed by atoms with van der Waals surface area (Å²) in [5, 5.41) is 6.38. The fraction of sp³-hybridized carbons (Fsp3) is 0.200. The number of hydrogen-bond donors (Lipinski definition) is 1. The van der Waals surface area contributed by atoms with Crippen molar-refractivity contribution >= 4 is 22.4 Å². The SMILES string of the molecule is CC.O=C1CC(c2ccc3ccccc3c2)=NN1. The Hall–Kier alpha value is -2.16. The lowest BCUT2D eigenvalue weighted by molar-refractivity contribution is -0.119. The third-order valence-electron chi connectivity index (χ3n) is 2.73. The summed E-state index contributed by atoms with van der Waals surface area (Å²) in [6, 6.07) is 14.3. The van der Waals surface area contributed by atoms with Gasteiger partial charge in [0.15, 0.2) is 0 Å². The molecule has 0 radical (unpaired) electrons. The van der Waals surface area contributed by atoms with Gasteiger partial charge in [-0.15, -0.1) is 0 Å². The van der Waals surface area contributed by atoms with Gasteiger partial charge in [0.05, 0.1) is 12.1 Å². The highest BCUT2D eigenvalue weighted by molar-refractivity contribution is 6.14. The van der Waals surface area contributed by atoms with E-state index in [1.807, 2.05) is 32.0 Å². The van der Waals surface area contributed by atoms with Gasteiger partial charge in [-0.2, -0.15) is 5.10 Å². The Balaban J connectivity index is 0.000000574. The first-order chi connectivity index (χ1) is 8.83. The van der Waals surface area contributed by atoms with E-state index in [-0.39, 0.29) is 5.91 Å². The molecule has 0 fully saturated rings. The molecule has 2 aromatic carbocycles. The maximum atomic E-state index is 11.1. The Morgan fingerprint density at radius 1 is 1.06 bits per heavy atom. The molecule has 0 saturated carbocycles. The van der Waals surface area contributed by atoms with Crippen molar-refractivity contribution in [2.24, 2.45) is 5.10 Å². The maximum Gasteiger partial charge on any atom is 0.246 e. The summed E-state index contributed by atoms with van der Waals surface area (Å²) in [7, 11) is 0. The molecular formula is C15H16N2O. The second kappa shape index (κ2) is 5.45. The van der Waals surface area contributed by atoms with Crippen molar-refractivity contribution in [1.29, 1.82) is 0 Å². The summed E-state index contributed by atoms with van der Waals surface area (Å²) in [5.74, 6) is -0.0387. The molecule has 0 bridgehead atoms. The predicted molar refractivity (Wildman–Crippen MR) is 74.6 cm³/mol. The van der Waals surface area contributed by atoms with Crippen LogP contribution in [0.4, 0.5) is 0 Å². The van der Waals surface area contributed by atoms with Crippen LogP contribution in [0.2, 0.25) is 0 Å². The van der Waals surface area contributed by atoms with Crippen LogP contribution in [0.3, 0.4) is 0 Å². The monoisotopic (exact) mass is 240 g/mol. The van der Waals surface area contributed by atoms with Crippen LogP contribution in [0.25, 0.3) is 10.8 Å². The normalized spacial score (nSPS) is 13.7. The van der Waals surface area contributed by atoms with Gasteiger partial charge in [-0.3, -0.25) is 4.79 Å². The summed E-state index contributed by atoms with van der Waals surface area (Å²) < 4.78 is 0. The lowest BCUT2D eigenvalue weighted by Gasteiger charge is -2.01. The minimum absolute atomic E-state index is 0.0387. The van der Waals surface area contributed by atoms with Gasteiger partial charge in [-0.05, 0) is 22.4 Å². The third-order valence-corrected chi connectivity index (χ3v) is 2.73. The first kappa shape index (κ1) is 12.3. The number of benzene rings is 2. The Bertz CT molecular complexity index is 602. The first-order valence-electron chi connectivity index (χ1n) is 6.17. The number of amides is 1. The van der Waals surface area contributed by atoms with Crippen molar-refractivity contribution in [3.05, 3.63) is 48.0 Å². The molecule has 3 heteroatoms. The van der Waals surface area contributed by atoms with Crippen LogP contribution < -0.4 is 5.43 Å². The molecule has 0 saturated heterocycles. The molecule has 2 aromatic rings. The Kier molecular flexibility index (Phi) is 3.72. The van der Waals surface area contributed by atoms with Crippen molar-refractivity contribution < 1.29 is 4.79 Å². The molecule has 1 aliphatic rings. The van der Waals surface area contributed by atoms with Crippen molar-refractivity contribution in [2.75, 3.05) is 0 Å². The smallest absolute Gasteiger partial charge is 0.246 e. The van der Waals surface area contributed by atoms with Gasteiger partial charge >= 0.3 is 0 Å². The summed E-state index contributed by atoms with van der Waals surface area (Å²) in [6.45, 7) is 4.00. The first-order valence-corrected chi connectivity index (χ1v) is 6.17. The number of nitrogens with one attached hydrogen (secondary N) is 1. The van der Waals surface area contributed by atoms with E-state index in [4.69, 9.17) is 0 Å². The molecule has 0 aromatic heterocycles. The molecule has 18 heavy (non-hydrogen) atoms. The highest BCUT2D eigenvalue weighted by atomic mass is 16.2. The molecule has 1 heterocycles. The molecule has 3 nitrogen and oxygen atoms in total. The molecule has 92 valence electrons. The molecular weight excluding hydrogens is 224 g/mol. The number of hydrazone groups is 1. The minimum Gasteiger partial charge on any atom is -0.273 e. The van der Waals surface area contributed by atoms with Gasteiger partial charge in [0.2, 0.25) is 5.91 Å². The van der Waals surface area contributed by atoms with E-state index >= 15 is 0 Å². The molecule has 0 aliphatic carbocycles. The van der Waals surface area contributed by atoms with Crippen LogP contribution in [0.1, 0.15) is 25.8 Å². The second-order valence-electron chi connectivity index (χ2n) is 3.83. The number of hydrogen-bond acceptors (Lipinski definition) is 2. The van der Waals surface area contributed by atoms with Crippen LogP contribution >= 0.6 is 0 Å². The highest BCUT2D eigenvalue weighted by Crippen LogP contribution is 2.17. The van der Waals surface area contributed by atoms with Crippen molar-refractivity contribution in [3.63, 3.8) is 0 Å². The number of carbonyl (C=O) groups is 1. The fourth-order valence-electron chi connectivity index (χ4n) is 1.90. The van der Waals surface area contributed by atoms with E-state index in [1.165, 1.54) is 10.8 Å². The summed E-state index contributed by atoms with van der Waals surface area (Å²) >= 11 is 0. The second-order valence-corrected chi connectivity index (χ2v) is 3.83. The molecule has 1 aliphatic heterocycles. The summed E-state index contributed by atoms with van der Waals surface area (Å²) in [6.07, 6.45) is 0.373. The number of carbonyl (C=O) groups excluding carboxylic acids is 1. The average Bonchev–Trinajstić information content (AvgIpc) is 2.87. The molecule has 0 unspecified atom stereocenters. The summed E-state index contributed by atoms with van der Waals surface area (Å²) in [5.41, 5.74) is 4.29. The topological polar surface area (TPSA) is 41.5 Å². The van der Waals surface area contributed by atoms with Crippen LogP contribution in [0.15, 0.2) is 47.6 Å². The van der Waals surface area contributed by atoms with E-state index in [0.29, 0.717) is 6.42 Å². The minimum atomic E-state index is -0.0387. The molecule has 1 N–H and O–H groups in total. The van der Waals surface area contributed by atoms with Gasteiger partial charge < -0.3 is 0 Å². The molecule has 0 atom stereocenters. The van der Waals surface area contributed by atoms with Crippen molar-refractivity contribution in [2.45, 2.75) is 20.3 Å². The van der Waals surface area contributed by atoms with Gasteiger partial charge in [0, 0.05) is 0 Å². The average molecular weight is 240 g/mol. The number of rotatable bonds is 1. The van der Waals surface area contributed by atoms with Crippen LogP contribution in [-0.4, -0.2) is 11.6 Å². The van der Waals surface area contributed by atoms with E-state index < -0.39 is 0 Å². The van der Waals surface area contributed by atoms with Crippen LogP contribution in [0.5, 0.6) is 0 Å². The maximum absolute atomic E-state index is 11.1. The number of fused-ring (bicyclic) bond motifs is 1. The van der Waals surface area contributed by atoms with Crippen LogP contribution in [-0.2, 0) is 4.79 Å². The van der Waals surface area contributed by atoms with Gasteiger partial charge in [0.25, 0.3) is 0 Å². The zero-order valence-corrected chi connectivity index (χ0v) is 10.6. The predicted octanol–water partition coefficient (Wildman–Crippen LogP) is 3.09. The van der Waals surface area contributed by atoms with Gasteiger partial charge in [-0.1, -0.05) is 50.2 Å². The largest absolute Gasteiger partial charge is 0.273 e. The number of nitrogens with zero attached hydrogens (tertiary/aromatic N) is 1. The Labute approximate surface area is 107 Å². The standard InChI is InChI=1S/C13H10N2O.C2H6/c16-13-8-12(14-15-13)11-6-5-9-3-1-2-4-10(9)7-11;1-2/h1-7H,8H2,(H,15,16);1-2H3. The zero-order chi connectivity index (χ0) is 13.0.